The highest BCUT2D eigenvalue weighted by Crippen LogP contribution is 2.33. The van der Waals surface area contributed by atoms with Crippen molar-refractivity contribution in [1.82, 2.24) is 14.8 Å². The van der Waals surface area contributed by atoms with Crippen molar-refractivity contribution in [2.45, 2.75) is 24.8 Å². The first-order valence-corrected chi connectivity index (χ1v) is 10.9. The molecule has 0 aliphatic rings. The Labute approximate surface area is 184 Å². The second-order valence-electron chi connectivity index (χ2n) is 6.78. The highest BCUT2D eigenvalue weighted by Gasteiger charge is 2.18. The first-order valence-electron chi connectivity index (χ1n) is 9.19. The third kappa shape index (κ3) is 4.20. The molecule has 0 radical (unpaired) electrons. The number of nitrogens with zero attached hydrogens (tertiary/aromatic N) is 3. The SMILES string of the molecule is Cc1ccccc1-c1nnc(SCc2ccc(Cl)c(Cl)c2)n1-c1ccccc1C. The Bertz CT molecular complexity index is 1170. The van der Waals surface area contributed by atoms with Crippen LogP contribution in [0.15, 0.2) is 71.9 Å². The normalized spacial score (nSPS) is 11.0. The molecule has 146 valence electrons. The lowest BCUT2D eigenvalue weighted by atomic mass is 10.1. The van der Waals surface area contributed by atoms with Crippen LogP contribution in [-0.4, -0.2) is 14.8 Å². The molecule has 0 fully saturated rings. The summed E-state index contributed by atoms with van der Waals surface area (Å²) in [6.45, 7) is 4.19. The van der Waals surface area contributed by atoms with Gasteiger partial charge in [0.25, 0.3) is 0 Å². The lowest BCUT2D eigenvalue weighted by Crippen LogP contribution is -2.02. The molecule has 4 rings (SSSR count). The van der Waals surface area contributed by atoms with Gasteiger partial charge in [0.2, 0.25) is 0 Å². The highest BCUT2D eigenvalue weighted by atomic mass is 35.5. The molecule has 0 spiro atoms. The van der Waals surface area contributed by atoms with E-state index in [1.54, 1.807) is 11.8 Å². The van der Waals surface area contributed by atoms with Crippen LogP contribution in [0.2, 0.25) is 10.0 Å². The molecule has 0 bridgehead atoms. The summed E-state index contributed by atoms with van der Waals surface area (Å²) in [5.41, 5.74) is 5.56. The molecule has 0 aliphatic heterocycles. The van der Waals surface area contributed by atoms with E-state index in [0.29, 0.717) is 15.8 Å². The zero-order valence-electron chi connectivity index (χ0n) is 16.1. The molecule has 0 saturated heterocycles. The van der Waals surface area contributed by atoms with E-state index >= 15 is 0 Å². The summed E-state index contributed by atoms with van der Waals surface area (Å²) in [7, 11) is 0. The number of hydrogen-bond donors (Lipinski definition) is 0. The number of benzene rings is 3. The standard InChI is InChI=1S/C23H19Cl2N3S/c1-15-7-3-5-9-18(15)22-26-27-23(28(22)21-10-6-4-8-16(21)2)29-14-17-11-12-19(24)20(25)13-17/h3-13H,14H2,1-2H3. The van der Waals surface area contributed by atoms with Gasteiger partial charge < -0.3 is 0 Å². The van der Waals surface area contributed by atoms with Gasteiger partial charge in [0.1, 0.15) is 0 Å². The summed E-state index contributed by atoms with van der Waals surface area (Å²) in [5, 5.41) is 11.0. The summed E-state index contributed by atoms with van der Waals surface area (Å²) >= 11 is 13.8. The van der Waals surface area contributed by atoms with Crippen LogP contribution in [0.25, 0.3) is 17.1 Å². The first-order chi connectivity index (χ1) is 14.0. The molecule has 4 aromatic rings. The van der Waals surface area contributed by atoms with Crippen molar-refractivity contribution >= 4 is 35.0 Å². The van der Waals surface area contributed by atoms with E-state index in [9.17, 15) is 0 Å². The first kappa shape index (κ1) is 20.0. The Balaban J connectivity index is 1.77. The number of rotatable bonds is 5. The third-order valence-electron chi connectivity index (χ3n) is 4.73. The minimum absolute atomic E-state index is 0.560. The van der Waals surface area contributed by atoms with Gasteiger partial charge in [-0.2, -0.15) is 0 Å². The van der Waals surface area contributed by atoms with E-state index in [1.807, 2.05) is 42.5 Å². The van der Waals surface area contributed by atoms with Gasteiger partial charge in [-0.15, -0.1) is 10.2 Å². The fourth-order valence-electron chi connectivity index (χ4n) is 3.17. The van der Waals surface area contributed by atoms with Crippen molar-refractivity contribution < 1.29 is 0 Å². The molecule has 0 atom stereocenters. The van der Waals surface area contributed by atoms with Crippen LogP contribution >= 0.6 is 35.0 Å². The fourth-order valence-corrected chi connectivity index (χ4v) is 4.38. The van der Waals surface area contributed by atoms with Gasteiger partial charge in [-0.05, 0) is 48.7 Å². The van der Waals surface area contributed by atoms with Crippen molar-refractivity contribution in [3.63, 3.8) is 0 Å². The third-order valence-corrected chi connectivity index (χ3v) is 6.47. The summed E-state index contributed by atoms with van der Waals surface area (Å²) in [5.74, 6) is 1.56. The molecular formula is C23H19Cl2N3S. The Morgan fingerprint density at radius 2 is 1.55 bits per heavy atom. The largest absolute Gasteiger partial charge is 0.270 e. The highest BCUT2D eigenvalue weighted by molar-refractivity contribution is 7.98. The van der Waals surface area contributed by atoms with Crippen LogP contribution in [-0.2, 0) is 5.75 Å². The average Bonchev–Trinajstić information content (AvgIpc) is 3.13. The molecule has 1 heterocycles. The fraction of sp³-hybridized carbons (Fsp3) is 0.130. The number of para-hydroxylation sites is 1. The Morgan fingerprint density at radius 1 is 0.828 bits per heavy atom. The van der Waals surface area contributed by atoms with Gasteiger partial charge in [0.15, 0.2) is 11.0 Å². The van der Waals surface area contributed by atoms with E-state index in [-0.39, 0.29) is 0 Å². The average molecular weight is 440 g/mol. The van der Waals surface area contributed by atoms with E-state index in [0.717, 1.165) is 33.4 Å². The van der Waals surface area contributed by atoms with Crippen molar-refractivity contribution in [1.29, 1.82) is 0 Å². The number of thioether (sulfide) groups is 1. The molecule has 29 heavy (non-hydrogen) atoms. The summed E-state index contributed by atoms with van der Waals surface area (Å²) in [4.78, 5) is 0. The van der Waals surface area contributed by atoms with Gasteiger partial charge in [0, 0.05) is 11.3 Å². The van der Waals surface area contributed by atoms with Crippen molar-refractivity contribution in [2.24, 2.45) is 0 Å². The molecule has 0 saturated carbocycles. The van der Waals surface area contributed by atoms with Crippen molar-refractivity contribution in [3.05, 3.63) is 93.5 Å². The van der Waals surface area contributed by atoms with Gasteiger partial charge >= 0.3 is 0 Å². The molecule has 0 aliphatic carbocycles. The maximum Gasteiger partial charge on any atom is 0.196 e. The Morgan fingerprint density at radius 3 is 2.28 bits per heavy atom. The predicted octanol–water partition coefficient (Wildman–Crippen LogP) is 7.15. The second kappa shape index (κ2) is 8.62. The zero-order chi connectivity index (χ0) is 20.4. The summed E-state index contributed by atoms with van der Waals surface area (Å²) < 4.78 is 2.14. The van der Waals surface area contributed by atoms with Crippen LogP contribution < -0.4 is 0 Å². The number of hydrogen-bond acceptors (Lipinski definition) is 3. The lowest BCUT2D eigenvalue weighted by Gasteiger charge is -2.14. The molecule has 3 aromatic carbocycles. The van der Waals surface area contributed by atoms with E-state index in [1.165, 1.54) is 5.56 Å². The smallest absolute Gasteiger partial charge is 0.196 e. The second-order valence-corrected chi connectivity index (χ2v) is 8.54. The van der Waals surface area contributed by atoms with Gasteiger partial charge in [0.05, 0.1) is 15.7 Å². The summed E-state index contributed by atoms with van der Waals surface area (Å²) in [6, 6.07) is 22.2. The number of aryl methyl sites for hydroxylation is 2. The molecule has 3 nitrogen and oxygen atoms in total. The van der Waals surface area contributed by atoms with E-state index in [2.05, 4.69) is 52.9 Å². The number of halogens is 2. The predicted molar refractivity (Wildman–Crippen MR) is 122 cm³/mol. The molecule has 0 unspecified atom stereocenters. The van der Waals surface area contributed by atoms with Crippen LogP contribution in [0.4, 0.5) is 0 Å². The van der Waals surface area contributed by atoms with Gasteiger partial charge in [-0.1, -0.05) is 83.5 Å². The van der Waals surface area contributed by atoms with Crippen LogP contribution in [0, 0.1) is 13.8 Å². The molecule has 0 N–H and O–H groups in total. The quantitative estimate of drug-likeness (QED) is 0.309. The van der Waals surface area contributed by atoms with Crippen molar-refractivity contribution in [2.75, 3.05) is 0 Å². The summed E-state index contributed by atoms with van der Waals surface area (Å²) in [6.07, 6.45) is 0. The van der Waals surface area contributed by atoms with Crippen LogP contribution in [0.3, 0.4) is 0 Å². The molecule has 1 aromatic heterocycles. The minimum atomic E-state index is 0.560. The maximum absolute atomic E-state index is 6.17. The zero-order valence-corrected chi connectivity index (χ0v) is 18.4. The lowest BCUT2D eigenvalue weighted by molar-refractivity contribution is 0.880. The molecule has 0 amide bonds. The van der Waals surface area contributed by atoms with Gasteiger partial charge in [-0.25, -0.2) is 0 Å². The Kier molecular flexibility index (Phi) is 5.95. The van der Waals surface area contributed by atoms with Gasteiger partial charge in [-0.3, -0.25) is 4.57 Å². The number of aromatic nitrogens is 3. The Hall–Kier alpha value is -2.27. The van der Waals surface area contributed by atoms with Crippen molar-refractivity contribution in [3.8, 4) is 17.1 Å². The van der Waals surface area contributed by atoms with E-state index < -0.39 is 0 Å². The van der Waals surface area contributed by atoms with Crippen LogP contribution in [0.1, 0.15) is 16.7 Å². The topological polar surface area (TPSA) is 30.7 Å². The van der Waals surface area contributed by atoms with Crippen LogP contribution in [0.5, 0.6) is 0 Å². The van der Waals surface area contributed by atoms with E-state index in [4.69, 9.17) is 23.2 Å². The molecular weight excluding hydrogens is 421 g/mol. The molecule has 6 heteroatoms. The monoisotopic (exact) mass is 439 g/mol. The minimum Gasteiger partial charge on any atom is -0.270 e. The maximum atomic E-state index is 6.17.